The van der Waals surface area contributed by atoms with Crippen molar-refractivity contribution in [2.24, 2.45) is 5.92 Å². The number of carbonyl (C=O) groups excluding carboxylic acids is 2. The molecule has 114 valence electrons. The Bertz CT molecular complexity index is 371. The van der Waals surface area contributed by atoms with Gasteiger partial charge in [-0.15, -0.1) is 0 Å². The van der Waals surface area contributed by atoms with Gasteiger partial charge in [-0.3, -0.25) is 9.59 Å². The van der Waals surface area contributed by atoms with Gasteiger partial charge in [0.1, 0.15) is 0 Å². The van der Waals surface area contributed by atoms with E-state index in [-0.39, 0.29) is 30.8 Å². The molecule has 0 aromatic heterocycles. The summed E-state index contributed by atoms with van der Waals surface area (Å²) in [6, 6.07) is -0.250. The van der Waals surface area contributed by atoms with E-state index < -0.39 is 5.97 Å². The number of aliphatic carboxylic acids is 1. The van der Waals surface area contributed by atoms with Gasteiger partial charge in [-0.25, -0.2) is 4.79 Å². The van der Waals surface area contributed by atoms with Gasteiger partial charge in [0.2, 0.25) is 5.91 Å². The maximum atomic E-state index is 11.9. The van der Waals surface area contributed by atoms with Gasteiger partial charge in [0.25, 0.3) is 0 Å². The number of hydrogen-bond donors (Lipinski definition) is 2. The van der Waals surface area contributed by atoms with Gasteiger partial charge in [-0.2, -0.15) is 0 Å². The van der Waals surface area contributed by atoms with Gasteiger partial charge in [-0.05, 0) is 25.2 Å². The van der Waals surface area contributed by atoms with Gasteiger partial charge in [0, 0.05) is 33.6 Å². The molecule has 1 aliphatic rings. The third kappa shape index (κ3) is 5.46. The average Bonchev–Trinajstić information content (AvgIpc) is 2.42. The molecule has 0 spiro atoms. The highest BCUT2D eigenvalue weighted by Gasteiger charge is 2.24. The van der Waals surface area contributed by atoms with Crippen molar-refractivity contribution in [3.63, 3.8) is 0 Å². The van der Waals surface area contributed by atoms with Crippen LogP contribution in [0.15, 0.2) is 0 Å². The van der Waals surface area contributed by atoms with E-state index in [0.717, 1.165) is 12.8 Å². The van der Waals surface area contributed by atoms with Crippen molar-refractivity contribution in [1.82, 2.24) is 15.1 Å². The lowest BCUT2D eigenvalue weighted by Gasteiger charge is -2.32. The number of nitrogens with zero attached hydrogens (tertiary/aromatic N) is 2. The van der Waals surface area contributed by atoms with E-state index in [1.54, 1.807) is 19.0 Å². The van der Waals surface area contributed by atoms with E-state index in [2.05, 4.69) is 5.32 Å². The third-order valence-electron chi connectivity index (χ3n) is 3.46. The van der Waals surface area contributed by atoms with Crippen molar-refractivity contribution in [3.05, 3.63) is 0 Å². The molecule has 1 atom stereocenters. The molecule has 0 bridgehead atoms. The first kappa shape index (κ1) is 16.3. The Balaban J connectivity index is 2.36. The predicted molar refractivity (Wildman–Crippen MR) is 73.3 cm³/mol. The van der Waals surface area contributed by atoms with Crippen LogP contribution in [0.3, 0.4) is 0 Å². The number of carbonyl (C=O) groups is 3. The van der Waals surface area contributed by atoms with Crippen molar-refractivity contribution in [3.8, 4) is 0 Å². The first-order valence-corrected chi connectivity index (χ1v) is 6.85. The summed E-state index contributed by atoms with van der Waals surface area (Å²) in [5, 5.41) is 11.3. The topological polar surface area (TPSA) is 90.0 Å². The molecule has 7 nitrogen and oxygen atoms in total. The van der Waals surface area contributed by atoms with Crippen molar-refractivity contribution >= 4 is 17.9 Å². The molecule has 0 saturated carbocycles. The predicted octanol–water partition coefficient (Wildman–Crippen LogP) is 0.361. The van der Waals surface area contributed by atoms with Gasteiger partial charge in [-0.1, -0.05) is 0 Å². The number of likely N-dealkylation sites (tertiary alicyclic amines) is 1. The van der Waals surface area contributed by atoms with Gasteiger partial charge >= 0.3 is 12.0 Å². The first-order valence-electron chi connectivity index (χ1n) is 6.85. The van der Waals surface area contributed by atoms with Crippen LogP contribution in [0.5, 0.6) is 0 Å². The number of hydrogen-bond acceptors (Lipinski definition) is 3. The van der Waals surface area contributed by atoms with E-state index in [1.165, 1.54) is 4.90 Å². The number of carboxylic acids is 1. The molecular formula is C13H23N3O4. The summed E-state index contributed by atoms with van der Waals surface area (Å²) in [6.07, 6.45) is 2.56. The molecule has 0 radical (unpaired) electrons. The first-order chi connectivity index (χ1) is 9.40. The quantitative estimate of drug-likeness (QED) is 0.763. The maximum Gasteiger partial charge on any atom is 0.317 e. The molecule has 20 heavy (non-hydrogen) atoms. The molecule has 1 saturated heterocycles. The molecule has 1 fully saturated rings. The zero-order chi connectivity index (χ0) is 15.1. The fourth-order valence-electron chi connectivity index (χ4n) is 2.23. The Morgan fingerprint density at radius 1 is 1.35 bits per heavy atom. The summed E-state index contributed by atoms with van der Waals surface area (Å²) in [6.45, 7) is 1.21. The lowest BCUT2D eigenvalue weighted by Crippen LogP contribution is -2.48. The number of piperidine rings is 1. The van der Waals surface area contributed by atoms with E-state index >= 15 is 0 Å². The largest absolute Gasteiger partial charge is 0.481 e. The highest BCUT2D eigenvalue weighted by molar-refractivity contribution is 5.83. The van der Waals surface area contributed by atoms with Crippen LogP contribution >= 0.6 is 0 Å². The van der Waals surface area contributed by atoms with Gasteiger partial charge in [0.15, 0.2) is 0 Å². The molecular weight excluding hydrogens is 262 g/mol. The van der Waals surface area contributed by atoms with E-state index in [4.69, 9.17) is 5.11 Å². The number of amides is 3. The van der Waals surface area contributed by atoms with Crippen LogP contribution in [-0.2, 0) is 9.59 Å². The zero-order valence-corrected chi connectivity index (χ0v) is 12.1. The molecule has 1 rings (SSSR count). The highest BCUT2D eigenvalue weighted by Crippen LogP contribution is 2.20. The second-order valence-corrected chi connectivity index (χ2v) is 5.33. The molecule has 1 unspecified atom stereocenters. The Labute approximate surface area is 118 Å². The average molecular weight is 285 g/mol. The molecule has 7 heteroatoms. The van der Waals surface area contributed by atoms with Crippen LogP contribution in [0.1, 0.15) is 25.7 Å². The number of rotatable bonds is 5. The van der Waals surface area contributed by atoms with Crippen LogP contribution in [0.25, 0.3) is 0 Å². The fourth-order valence-corrected chi connectivity index (χ4v) is 2.23. The summed E-state index contributed by atoms with van der Waals surface area (Å²) in [7, 11) is 3.27. The maximum absolute atomic E-state index is 11.9. The Morgan fingerprint density at radius 2 is 2.05 bits per heavy atom. The van der Waals surface area contributed by atoms with Crippen LogP contribution < -0.4 is 5.32 Å². The molecule has 3 amide bonds. The molecule has 0 aromatic carbocycles. The summed E-state index contributed by atoms with van der Waals surface area (Å²) in [5.74, 6) is -0.726. The molecule has 2 N–H and O–H groups in total. The van der Waals surface area contributed by atoms with E-state index in [0.29, 0.717) is 19.5 Å². The highest BCUT2D eigenvalue weighted by atomic mass is 16.4. The lowest BCUT2D eigenvalue weighted by molar-refractivity contribution is -0.137. The zero-order valence-electron chi connectivity index (χ0n) is 12.1. The summed E-state index contributed by atoms with van der Waals surface area (Å²) in [5.41, 5.74) is 0. The Kier molecular flexibility index (Phi) is 6.27. The monoisotopic (exact) mass is 285 g/mol. The molecule has 1 aliphatic heterocycles. The lowest BCUT2D eigenvalue weighted by atomic mass is 9.93. The number of carboxylic acid groups (broad SMARTS) is 1. The SMILES string of the molecule is CN(C)C(=O)CNC(=O)N1CCCC(CCC(=O)O)C1. The molecule has 1 heterocycles. The van der Waals surface area contributed by atoms with Crippen LogP contribution in [-0.4, -0.2) is 66.5 Å². The minimum atomic E-state index is -0.803. The normalized spacial score (nSPS) is 18.5. The van der Waals surface area contributed by atoms with Gasteiger partial charge in [0.05, 0.1) is 6.54 Å². The van der Waals surface area contributed by atoms with E-state index in [9.17, 15) is 14.4 Å². The molecule has 0 aromatic rings. The van der Waals surface area contributed by atoms with Crippen molar-refractivity contribution in [1.29, 1.82) is 0 Å². The second kappa shape index (κ2) is 7.72. The van der Waals surface area contributed by atoms with E-state index in [1.807, 2.05) is 0 Å². The van der Waals surface area contributed by atoms with Crippen LogP contribution in [0, 0.1) is 5.92 Å². The number of urea groups is 1. The Hall–Kier alpha value is -1.79. The van der Waals surface area contributed by atoms with Crippen LogP contribution in [0.4, 0.5) is 4.79 Å². The standard InChI is InChI=1S/C13H23N3O4/c1-15(2)11(17)8-14-13(20)16-7-3-4-10(9-16)5-6-12(18)19/h10H,3-9H2,1-2H3,(H,14,20)(H,18,19). The van der Waals surface area contributed by atoms with Gasteiger partial charge < -0.3 is 20.2 Å². The smallest absolute Gasteiger partial charge is 0.317 e. The second-order valence-electron chi connectivity index (χ2n) is 5.33. The van der Waals surface area contributed by atoms with Crippen molar-refractivity contribution < 1.29 is 19.5 Å². The van der Waals surface area contributed by atoms with Crippen molar-refractivity contribution in [2.75, 3.05) is 33.7 Å². The summed E-state index contributed by atoms with van der Waals surface area (Å²) >= 11 is 0. The van der Waals surface area contributed by atoms with Crippen LogP contribution in [0.2, 0.25) is 0 Å². The number of nitrogens with one attached hydrogen (secondary N) is 1. The summed E-state index contributed by atoms with van der Waals surface area (Å²) < 4.78 is 0. The number of likely N-dealkylation sites (N-methyl/N-ethyl adjacent to an activating group) is 1. The Morgan fingerprint density at radius 3 is 2.65 bits per heavy atom. The minimum Gasteiger partial charge on any atom is -0.481 e. The summed E-state index contributed by atoms with van der Waals surface area (Å²) in [4.78, 5) is 37.0. The van der Waals surface area contributed by atoms with Crippen molar-refractivity contribution in [2.45, 2.75) is 25.7 Å². The molecule has 0 aliphatic carbocycles. The fraction of sp³-hybridized carbons (Fsp3) is 0.769. The third-order valence-corrected chi connectivity index (χ3v) is 3.46. The minimum absolute atomic E-state index is 0.0118.